The molecular formula is C76H142O6. The highest BCUT2D eigenvalue weighted by Crippen LogP contribution is 2.19. The molecule has 6 nitrogen and oxygen atoms in total. The van der Waals surface area contributed by atoms with E-state index in [4.69, 9.17) is 14.2 Å². The van der Waals surface area contributed by atoms with Crippen LogP contribution in [0.4, 0.5) is 0 Å². The predicted octanol–water partition coefficient (Wildman–Crippen LogP) is 25.5. The summed E-state index contributed by atoms with van der Waals surface area (Å²) in [5.41, 5.74) is 0. The van der Waals surface area contributed by atoms with E-state index in [0.29, 0.717) is 19.3 Å². The molecule has 482 valence electrons. The van der Waals surface area contributed by atoms with E-state index < -0.39 is 6.10 Å². The predicted molar refractivity (Wildman–Crippen MR) is 358 cm³/mol. The lowest BCUT2D eigenvalue weighted by molar-refractivity contribution is -0.167. The number of allylic oxidation sites excluding steroid dienone is 6. The average molecular weight is 1150 g/mol. The zero-order valence-electron chi connectivity index (χ0n) is 55.5. The summed E-state index contributed by atoms with van der Waals surface area (Å²) in [4.78, 5) is 38.4. The second-order valence-corrected chi connectivity index (χ2v) is 25.2. The van der Waals surface area contributed by atoms with Crippen molar-refractivity contribution in [2.45, 2.75) is 419 Å². The van der Waals surface area contributed by atoms with Gasteiger partial charge >= 0.3 is 17.9 Å². The maximum absolute atomic E-state index is 12.9. The quantitative estimate of drug-likeness (QED) is 0.0261. The van der Waals surface area contributed by atoms with Crippen LogP contribution in [0.15, 0.2) is 36.5 Å². The van der Waals surface area contributed by atoms with Gasteiger partial charge in [0, 0.05) is 19.3 Å². The van der Waals surface area contributed by atoms with Crippen molar-refractivity contribution in [2.24, 2.45) is 0 Å². The minimum Gasteiger partial charge on any atom is -0.462 e. The number of hydrogen-bond donors (Lipinski definition) is 0. The Morgan fingerprint density at radius 1 is 0.244 bits per heavy atom. The van der Waals surface area contributed by atoms with Gasteiger partial charge in [0.1, 0.15) is 13.2 Å². The fourth-order valence-electron chi connectivity index (χ4n) is 11.3. The van der Waals surface area contributed by atoms with E-state index in [-0.39, 0.29) is 31.1 Å². The minimum absolute atomic E-state index is 0.0761. The number of carbonyl (C=O) groups is 3. The number of carbonyl (C=O) groups excluding carboxylic acids is 3. The van der Waals surface area contributed by atoms with Gasteiger partial charge < -0.3 is 14.2 Å². The molecule has 0 amide bonds. The highest BCUT2D eigenvalue weighted by Gasteiger charge is 2.19. The van der Waals surface area contributed by atoms with Crippen molar-refractivity contribution in [3.8, 4) is 0 Å². The first-order chi connectivity index (χ1) is 40.5. The van der Waals surface area contributed by atoms with Gasteiger partial charge in [-0.15, -0.1) is 0 Å². The van der Waals surface area contributed by atoms with Crippen molar-refractivity contribution in [3.63, 3.8) is 0 Å². The van der Waals surface area contributed by atoms with Crippen LogP contribution in [-0.4, -0.2) is 37.2 Å². The Morgan fingerprint density at radius 3 is 0.695 bits per heavy atom. The molecule has 0 saturated heterocycles. The number of rotatable bonds is 69. The van der Waals surface area contributed by atoms with Crippen molar-refractivity contribution in [1.82, 2.24) is 0 Å². The van der Waals surface area contributed by atoms with E-state index in [2.05, 4.69) is 57.2 Å². The molecule has 0 rings (SSSR count). The van der Waals surface area contributed by atoms with E-state index in [9.17, 15) is 14.4 Å². The average Bonchev–Trinajstić information content (AvgIpc) is 3.47. The molecule has 0 aromatic carbocycles. The highest BCUT2D eigenvalue weighted by atomic mass is 16.6. The molecule has 0 heterocycles. The van der Waals surface area contributed by atoms with Gasteiger partial charge in [0.05, 0.1) is 0 Å². The molecule has 0 aliphatic heterocycles. The molecule has 82 heavy (non-hydrogen) atoms. The maximum atomic E-state index is 12.9. The zero-order valence-corrected chi connectivity index (χ0v) is 55.5. The standard InChI is InChI=1S/C76H142O6/c1-4-7-10-13-16-19-22-25-28-31-32-33-34-35-36-37-38-39-40-41-42-43-44-45-46-49-51-54-57-60-63-66-69-75(78)81-72-73(82-76(79)70-67-64-61-58-55-52-48-30-27-24-21-18-15-12-9-6-3)71-80-74(77)68-65-62-59-56-53-50-47-29-26-23-20-17-14-11-8-5-2/h21,24,29-30,47-48,73H,4-20,22-23,25-28,31-46,49-72H2,1-3H3/b24-21-,47-29-,48-30-. The highest BCUT2D eigenvalue weighted by molar-refractivity contribution is 5.71. The van der Waals surface area contributed by atoms with Crippen molar-refractivity contribution in [3.05, 3.63) is 36.5 Å². The molecule has 1 atom stereocenters. The third kappa shape index (κ3) is 68.4. The largest absolute Gasteiger partial charge is 0.462 e. The number of unbranched alkanes of at least 4 members (excludes halogenated alkanes) is 52. The summed E-state index contributed by atoms with van der Waals surface area (Å²) in [6.45, 7) is 6.68. The Balaban J connectivity index is 4.15. The number of ether oxygens (including phenoxy) is 3. The van der Waals surface area contributed by atoms with Crippen LogP contribution in [-0.2, 0) is 28.6 Å². The van der Waals surface area contributed by atoms with Crippen LogP contribution in [0.1, 0.15) is 412 Å². The summed E-state index contributed by atoms with van der Waals surface area (Å²) in [5, 5.41) is 0. The van der Waals surface area contributed by atoms with Gasteiger partial charge in [0.2, 0.25) is 0 Å². The molecule has 0 aliphatic carbocycles. The van der Waals surface area contributed by atoms with Crippen LogP contribution in [0, 0.1) is 0 Å². The fourth-order valence-corrected chi connectivity index (χ4v) is 11.3. The third-order valence-corrected chi connectivity index (χ3v) is 16.9. The van der Waals surface area contributed by atoms with Gasteiger partial charge in [-0.1, -0.05) is 353 Å². The molecule has 0 N–H and O–H groups in total. The molecule has 0 aromatic rings. The minimum atomic E-state index is -0.782. The van der Waals surface area contributed by atoms with E-state index >= 15 is 0 Å². The Bertz CT molecular complexity index is 1370. The molecule has 6 heteroatoms. The smallest absolute Gasteiger partial charge is 0.306 e. The summed E-state index contributed by atoms with van der Waals surface area (Å²) < 4.78 is 17.0. The summed E-state index contributed by atoms with van der Waals surface area (Å²) in [7, 11) is 0. The molecule has 0 fully saturated rings. The van der Waals surface area contributed by atoms with E-state index in [1.807, 2.05) is 0 Å². The number of hydrogen-bond acceptors (Lipinski definition) is 6. The molecule has 0 aromatic heterocycles. The lowest BCUT2D eigenvalue weighted by atomic mass is 10.0. The SMILES string of the molecule is CCCCCC/C=C\C/C=C\CCCCCCCC(=O)OC(COC(=O)CCCCCCC/C=C\CCCCCCCCC)COC(=O)CCCCCCCCCCCCCCCCCCCCCCCCCCCCCCCCCC. The molecule has 0 bridgehead atoms. The van der Waals surface area contributed by atoms with Gasteiger partial charge in [0.25, 0.3) is 0 Å². The van der Waals surface area contributed by atoms with Crippen LogP contribution < -0.4 is 0 Å². The summed E-state index contributed by atoms with van der Waals surface area (Å²) in [5.74, 6) is -0.871. The van der Waals surface area contributed by atoms with Crippen LogP contribution in [0.2, 0.25) is 0 Å². The summed E-state index contributed by atoms with van der Waals surface area (Å²) in [6.07, 6.45) is 89.1. The van der Waals surface area contributed by atoms with Crippen molar-refractivity contribution >= 4 is 17.9 Å². The maximum Gasteiger partial charge on any atom is 0.306 e. The normalized spacial score (nSPS) is 12.2. The lowest BCUT2D eigenvalue weighted by Crippen LogP contribution is -2.30. The fraction of sp³-hybridized carbons (Fsp3) is 0.882. The van der Waals surface area contributed by atoms with Crippen LogP contribution >= 0.6 is 0 Å². The Hall–Kier alpha value is -2.37. The first-order valence-electron chi connectivity index (χ1n) is 37.0. The van der Waals surface area contributed by atoms with Gasteiger partial charge in [-0.25, -0.2) is 0 Å². The van der Waals surface area contributed by atoms with Crippen LogP contribution in [0.5, 0.6) is 0 Å². The lowest BCUT2D eigenvalue weighted by Gasteiger charge is -2.18. The molecule has 0 aliphatic rings. The molecule has 1 unspecified atom stereocenters. The topological polar surface area (TPSA) is 78.9 Å². The van der Waals surface area contributed by atoms with Crippen molar-refractivity contribution in [1.29, 1.82) is 0 Å². The molecule has 0 spiro atoms. The number of esters is 3. The van der Waals surface area contributed by atoms with E-state index in [0.717, 1.165) is 89.9 Å². The van der Waals surface area contributed by atoms with Gasteiger partial charge in [-0.3, -0.25) is 14.4 Å². The van der Waals surface area contributed by atoms with Crippen LogP contribution in [0.25, 0.3) is 0 Å². The van der Waals surface area contributed by atoms with Gasteiger partial charge in [-0.2, -0.15) is 0 Å². The van der Waals surface area contributed by atoms with Gasteiger partial charge in [-0.05, 0) is 77.0 Å². The van der Waals surface area contributed by atoms with Gasteiger partial charge in [0.15, 0.2) is 6.10 Å². The first-order valence-corrected chi connectivity index (χ1v) is 37.0. The van der Waals surface area contributed by atoms with E-state index in [1.54, 1.807) is 0 Å². The summed E-state index contributed by atoms with van der Waals surface area (Å²) in [6, 6.07) is 0. The second-order valence-electron chi connectivity index (χ2n) is 25.2. The molecule has 0 radical (unpaired) electrons. The monoisotopic (exact) mass is 1150 g/mol. The van der Waals surface area contributed by atoms with Crippen LogP contribution in [0.3, 0.4) is 0 Å². The zero-order chi connectivity index (χ0) is 59.2. The Kier molecular flexibility index (Phi) is 69.1. The summed E-state index contributed by atoms with van der Waals surface area (Å²) >= 11 is 0. The molecule has 0 saturated carbocycles. The Labute approximate surface area is 512 Å². The molecular weight excluding hydrogens is 1010 g/mol. The van der Waals surface area contributed by atoms with E-state index in [1.165, 1.54) is 283 Å². The Morgan fingerprint density at radius 2 is 0.439 bits per heavy atom. The first kappa shape index (κ1) is 79.6. The van der Waals surface area contributed by atoms with Crippen molar-refractivity contribution < 1.29 is 28.6 Å². The van der Waals surface area contributed by atoms with Crippen molar-refractivity contribution in [2.75, 3.05) is 13.2 Å². The third-order valence-electron chi connectivity index (χ3n) is 16.9. The second kappa shape index (κ2) is 71.1.